The van der Waals surface area contributed by atoms with Gasteiger partial charge in [-0.15, -0.1) is 0 Å². The number of carbonyl (C=O) groups excluding carboxylic acids is 1. The molecule has 0 aliphatic rings. The summed E-state index contributed by atoms with van der Waals surface area (Å²) in [6, 6.07) is 13.9. The molecule has 0 fully saturated rings. The van der Waals surface area contributed by atoms with Crippen molar-refractivity contribution in [3.63, 3.8) is 0 Å². The smallest absolute Gasteiger partial charge is 0.140 e. The van der Waals surface area contributed by atoms with Gasteiger partial charge in [0.25, 0.3) is 0 Å². The van der Waals surface area contributed by atoms with E-state index in [1.165, 1.54) is 16.7 Å². The highest BCUT2D eigenvalue weighted by Gasteiger charge is 2.29. The SMILES string of the molecule is COC[C@@H](Cc1c(C(C)C)cccc1C(C)(C)C)C(C)C(=O)Cc1c(Cl)cccc1C#N. The summed E-state index contributed by atoms with van der Waals surface area (Å²) in [5.41, 5.74) is 5.05. The van der Waals surface area contributed by atoms with Gasteiger partial charge in [-0.2, -0.15) is 5.26 Å². The van der Waals surface area contributed by atoms with E-state index in [0.29, 0.717) is 28.7 Å². The lowest BCUT2D eigenvalue weighted by molar-refractivity contribution is -0.124. The van der Waals surface area contributed by atoms with Gasteiger partial charge in [-0.05, 0) is 58.1 Å². The Bertz CT molecular complexity index is 982. The lowest BCUT2D eigenvalue weighted by atomic mass is 9.75. The molecule has 0 amide bonds. The number of methoxy groups -OCH3 is 1. The van der Waals surface area contributed by atoms with Gasteiger partial charge >= 0.3 is 0 Å². The second kappa shape index (κ2) is 11.1. The Labute approximate surface area is 198 Å². The Morgan fingerprint density at radius 2 is 1.75 bits per heavy atom. The summed E-state index contributed by atoms with van der Waals surface area (Å²) >= 11 is 6.33. The van der Waals surface area contributed by atoms with Gasteiger partial charge in [0.05, 0.1) is 18.2 Å². The van der Waals surface area contributed by atoms with Gasteiger partial charge in [0.1, 0.15) is 5.78 Å². The molecule has 0 aromatic heterocycles. The number of nitrogens with zero attached hydrogens (tertiary/aromatic N) is 1. The Kier molecular flexibility index (Phi) is 9.08. The number of Topliss-reactive ketones (excluding diaryl/α,β-unsaturated/α-hetero) is 1. The van der Waals surface area contributed by atoms with Crippen LogP contribution < -0.4 is 0 Å². The summed E-state index contributed by atoms with van der Waals surface area (Å²) in [6.45, 7) is 13.6. The zero-order chi connectivity index (χ0) is 24.1. The molecule has 0 saturated carbocycles. The van der Waals surface area contributed by atoms with E-state index in [9.17, 15) is 10.1 Å². The second-order valence-corrected chi connectivity index (χ2v) is 10.4. The third-order valence-corrected chi connectivity index (χ3v) is 6.65. The van der Waals surface area contributed by atoms with Crippen LogP contribution >= 0.6 is 11.6 Å². The predicted molar refractivity (Wildman–Crippen MR) is 132 cm³/mol. The van der Waals surface area contributed by atoms with Crippen LogP contribution in [0.2, 0.25) is 5.02 Å². The van der Waals surface area contributed by atoms with Crippen LogP contribution in [0, 0.1) is 23.2 Å². The van der Waals surface area contributed by atoms with Gasteiger partial charge in [0.15, 0.2) is 0 Å². The summed E-state index contributed by atoms with van der Waals surface area (Å²) in [4.78, 5) is 13.3. The van der Waals surface area contributed by atoms with Crippen LogP contribution in [0.25, 0.3) is 0 Å². The van der Waals surface area contributed by atoms with Crippen molar-refractivity contribution in [3.8, 4) is 6.07 Å². The number of ketones is 1. The van der Waals surface area contributed by atoms with Crippen molar-refractivity contribution < 1.29 is 9.53 Å². The van der Waals surface area contributed by atoms with E-state index < -0.39 is 0 Å². The van der Waals surface area contributed by atoms with Crippen molar-refractivity contribution in [2.24, 2.45) is 11.8 Å². The molecule has 2 atom stereocenters. The van der Waals surface area contributed by atoms with E-state index in [-0.39, 0.29) is 29.5 Å². The summed E-state index contributed by atoms with van der Waals surface area (Å²) < 4.78 is 5.56. The largest absolute Gasteiger partial charge is 0.384 e. The lowest BCUT2D eigenvalue weighted by Gasteiger charge is -2.30. The summed E-state index contributed by atoms with van der Waals surface area (Å²) in [5.74, 6) is 0.270. The average Bonchev–Trinajstić information content (AvgIpc) is 2.73. The van der Waals surface area contributed by atoms with Crippen molar-refractivity contribution in [3.05, 3.63) is 69.2 Å². The molecule has 172 valence electrons. The quantitative estimate of drug-likeness (QED) is 0.415. The standard InChI is InChI=1S/C28H36ClNO2/c1-18(2)22-11-9-12-25(28(4,5)6)24(22)14-21(17-32-7)19(3)27(31)15-23-20(16-30)10-8-13-26(23)29/h8-13,18-19,21H,14-15,17H2,1-7H3/t19?,21-/m1/s1. The molecule has 2 rings (SSSR count). The summed E-state index contributed by atoms with van der Waals surface area (Å²) in [6.07, 6.45) is 0.928. The number of benzene rings is 2. The van der Waals surface area contributed by atoms with E-state index in [2.05, 4.69) is 58.9 Å². The van der Waals surface area contributed by atoms with E-state index in [4.69, 9.17) is 16.3 Å². The van der Waals surface area contributed by atoms with E-state index in [0.717, 1.165) is 6.42 Å². The van der Waals surface area contributed by atoms with Gasteiger partial charge in [-0.25, -0.2) is 0 Å². The number of hydrogen-bond acceptors (Lipinski definition) is 3. The van der Waals surface area contributed by atoms with Gasteiger partial charge in [0.2, 0.25) is 0 Å². The number of ether oxygens (including phenoxy) is 1. The number of carbonyl (C=O) groups is 1. The fourth-order valence-corrected chi connectivity index (χ4v) is 4.61. The Hall–Kier alpha value is -2.15. The number of hydrogen-bond donors (Lipinski definition) is 0. The molecule has 0 aliphatic carbocycles. The Morgan fingerprint density at radius 1 is 1.09 bits per heavy atom. The fraction of sp³-hybridized carbons (Fsp3) is 0.500. The Balaban J connectivity index is 2.40. The molecule has 4 heteroatoms. The maximum Gasteiger partial charge on any atom is 0.140 e. The normalized spacial score (nSPS) is 13.6. The molecule has 0 heterocycles. The first-order valence-electron chi connectivity index (χ1n) is 11.3. The fourth-order valence-electron chi connectivity index (χ4n) is 4.37. The maximum atomic E-state index is 13.3. The third-order valence-electron chi connectivity index (χ3n) is 6.29. The molecule has 0 N–H and O–H groups in total. The number of nitriles is 1. The lowest BCUT2D eigenvalue weighted by Crippen LogP contribution is -2.29. The van der Waals surface area contributed by atoms with Crippen LogP contribution in [0.1, 0.15) is 75.3 Å². The van der Waals surface area contributed by atoms with Crippen LogP contribution in [-0.2, 0) is 27.8 Å². The van der Waals surface area contributed by atoms with Crippen LogP contribution in [0.4, 0.5) is 0 Å². The topological polar surface area (TPSA) is 50.1 Å². The van der Waals surface area contributed by atoms with Crippen LogP contribution in [0.3, 0.4) is 0 Å². The first kappa shape index (κ1) is 26.1. The maximum absolute atomic E-state index is 13.3. The molecule has 0 spiro atoms. The van der Waals surface area contributed by atoms with E-state index in [1.807, 2.05) is 6.92 Å². The van der Waals surface area contributed by atoms with Crippen molar-refractivity contribution in [2.45, 2.75) is 65.7 Å². The van der Waals surface area contributed by atoms with Crippen molar-refractivity contribution in [1.29, 1.82) is 5.26 Å². The van der Waals surface area contributed by atoms with Gasteiger partial charge in [-0.1, -0.05) is 77.4 Å². The zero-order valence-electron chi connectivity index (χ0n) is 20.5. The van der Waals surface area contributed by atoms with Crippen LogP contribution in [0.15, 0.2) is 36.4 Å². The molecule has 0 bridgehead atoms. The average molecular weight is 454 g/mol. The van der Waals surface area contributed by atoms with Gasteiger partial charge < -0.3 is 4.74 Å². The highest BCUT2D eigenvalue weighted by molar-refractivity contribution is 6.31. The molecule has 2 aromatic rings. The summed E-state index contributed by atoms with van der Waals surface area (Å²) in [7, 11) is 1.69. The van der Waals surface area contributed by atoms with Crippen molar-refractivity contribution in [2.75, 3.05) is 13.7 Å². The molecular weight excluding hydrogens is 418 g/mol. The first-order valence-corrected chi connectivity index (χ1v) is 11.7. The van der Waals surface area contributed by atoms with Gasteiger partial charge in [-0.3, -0.25) is 4.79 Å². The molecule has 0 aliphatic heterocycles. The monoisotopic (exact) mass is 453 g/mol. The molecule has 0 radical (unpaired) electrons. The van der Waals surface area contributed by atoms with E-state index in [1.54, 1.807) is 25.3 Å². The Morgan fingerprint density at radius 3 is 2.31 bits per heavy atom. The van der Waals surface area contributed by atoms with E-state index >= 15 is 0 Å². The minimum absolute atomic E-state index is 0.00433. The second-order valence-electron chi connectivity index (χ2n) is 10.0. The number of rotatable bonds is 9. The summed E-state index contributed by atoms with van der Waals surface area (Å²) in [5, 5.41) is 9.90. The predicted octanol–water partition coefficient (Wildman–Crippen LogP) is 6.89. The highest BCUT2D eigenvalue weighted by Crippen LogP contribution is 2.35. The minimum atomic E-state index is -0.231. The third kappa shape index (κ3) is 6.21. The molecular formula is C28H36ClNO2. The van der Waals surface area contributed by atoms with Gasteiger partial charge in [0, 0.05) is 24.5 Å². The molecule has 3 nitrogen and oxygen atoms in total. The molecule has 32 heavy (non-hydrogen) atoms. The van der Waals surface area contributed by atoms with Crippen molar-refractivity contribution in [1.82, 2.24) is 0 Å². The first-order chi connectivity index (χ1) is 15.0. The number of halogens is 1. The molecule has 2 aromatic carbocycles. The zero-order valence-corrected chi connectivity index (χ0v) is 21.2. The van der Waals surface area contributed by atoms with Crippen molar-refractivity contribution >= 4 is 17.4 Å². The van der Waals surface area contributed by atoms with Crippen LogP contribution in [-0.4, -0.2) is 19.5 Å². The molecule has 1 unspecified atom stereocenters. The molecule has 0 saturated heterocycles. The minimum Gasteiger partial charge on any atom is -0.384 e. The van der Waals surface area contributed by atoms with Crippen LogP contribution in [0.5, 0.6) is 0 Å². The highest BCUT2D eigenvalue weighted by atomic mass is 35.5.